The van der Waals surface area contributed by atoms with Gasteiger partial charge in [0.2, 0.25) is 0 Å². The van der Waals surface area contributed by atoms with E-state index in [1.54, 1.807) is 0 Å². The molecule has 0 amide bonds. The Morgan fingerprint density at radius 3 is 1.78 bits per heavy atom. The molecule has 0 unspecified atom stereocenters. The lowest BCUT2D eigenvalue weighted by Gasteiger charge is -2.31. The molecule has 2 aliphatic carbocycles. The molecule has 3 aliphatic rings. The zero-order valence-corrected chi connectivity index (χ0v) is 19.5. The van der Waals surface area contributed by atoms with Gasteiger partial charge < -0.3 is 4.98 Å². The van der Waals surface area contributed by atoms with Crippen LogP contribution in [0.4, 0.5) is 0 Å². The maximum atomic E-state index is 4.71. The minimum atomic E-state index is 0.417. The molecule has 162 valence electrons. The Morgan fingerprint density at radius 2 is 1.31 bits per heavy atom. The maximum absolute atomic E-state index is 4.71. The lowest BCUT2D eigenvalue weighted by molar-refractivity contribution is 0.795. The van der Waals surface area contributed by atoms with Crippen LogP contribution in [0.2, 0.25) is 0 Å². The number of rotatable bonds is 4. The van der Waals surface area contributed by atoms with E-state index < -0.39 is 0 Å². The molecule has 0 radical (unpaired) electrons. The van der Waals surface area contributed by atoms with E-state index >= 15 is 0 Å². The molecule has 3 aromatic rings. The summed E-state index contributed by atoms with van der Waals surface area (Å²) in [4.78, 5) is 12.9. The van der Waals surface area contributed by atoms with Crippen LogP contribution in [0.3, 0.4) is 0 Å². The number of nitrogens with one attached hydrogen (secondary N) is 1. The van der Waals surface area contributed by atoms with E-state index in [9.17, 15) is 0 Å². The Bertz CT molecular complexity index is 1250. The fourth-order valence-electron chi connectivity index (χ4n) is 5.60. The summed E-state index contributed by atoms with van der Waals surface area (Å²) >= 11 is 0. The number of allylic oxidation sites excluding steroid dienone is 1. The highest BCUT2D eigenvalue weighted by Crippen LogP contribution is 2.45. The van der Waals surface area contributed by atoms with E-state index in [0.29, 0.717) is 11.8 Å². The molecule has 3 nitrogen and oxygen atoms in total. The molecular weight excluding hydrogens is 390 g/mol. The number of hydrogen-bond donors (Lipinski definition) is 1. The van der Waals surface area contributed by atoms with Crippen molar-refractivity contribution in [3.8, 4) is 22.4 Å². The van der Waals surface area contributed by atoms with Gasteiger partial charge in [0.05, 0.1) is 11.9 Å². The SMILES string of the molecule is CC(C)C1=NC=C(c2cc3c4c(c2)CCc2cc(-c5cnc(C(C)C)[nH]5)cc(c2-4)CC3)C1. The molecule has 3 heteroatoms. The van der Waals surface area contributed by atoms with Gasteiger partial charge in [-0.05, 0) is 88.3 Å². The zero-order chi connectivity index (χ0) is 22.0. The molecule has 0 bridgehead atoms. The van der Waals surface area contributed by atoms with Crippen LogP contribution in [-0.4, -0.2) is 15.7 Å². The molecule has 0 saturated carbocycles. The summed E-state index contributed by atoms with van der Waals surface area (Å²) in [6.45, 7) is 8.85. The Labute approximate surface area is 190 Å². The highest BCUT2D eigenvalue weighted by molar-refractivity contribution is 5.99. The standard InChI is InChI=1S/C29H31N3/c1-16(2)25-13-24(14-30-25)22-9-18-5-7-20-11-23(26-15-31-29(32-26)17(3)4)12-21-8-6-19(10-22)27(18)28(20)21/h9-12,14-17H,5-8,13H2,1-4H3,(H,31,32). The average molecular weight is 422 g/mol. The van der Waals surface area contributed by atoms with Gasteiger partial charge in [0.15, 0.2) is 0 Å². The van der Waals surface area contributed by atoms with Crippen molar-refractivity contribution in [3.63, 3.8) is 0 Å². The fraction of sp³-hybridized carbons (Fsp3) is 0.379. The third-order valence-corrected chi connectivity index (χ3v) is 7.43. The van der Waals surface area contributed by atoms with Crippen molar-refractivity contribution in [1.29, 1.82) is 0 Å². The minimum absolute atomic E-state index is 0.417. The Balaban J connectivity index is 1.40. The molecule has 0 saturated heterocycles. The second-order valence-electron chi connectivity index (χ2n) is 10.3. The smallest absolute Gasteiger partial charge is 0.109 e. The molecule has 0 spiro atoms. The van der Waals surface area contributed by atoms with Crippen molar-refractivity contribution in [2.24, 2.45) is 10.9 Å². The number of H-pyrrole nitrogens is 1. The van der Waals surface area contributed by atoms with Crippen molar-refractivity contribution >= 4 is 11.3 Å². The van der Waals surface area contributed by atoms with Crippen LogP contribution < -0.4 is 0 Å². The first kappa shape index (κ1) is 19.7. The van der Waals surface area contributed by atoms with Crippen LogP contribution >= 0.6 is 0 Å². The molecule has 2 aromatic carbocycles. The first-order chi connectivity index (χ1) is 15.5. The summed E-state index contributed by atoms with van der Waals surface area (Å²) in [6, 6.07) is 9.73. The predicted molar refractivity (Wildman–Crippen MR) is 133 cm³/mol. The summed E-state index contributed by atoms with van der Waals surface area (Å²) in [6.07, 6.45) is 9.59. The third kappa shape index (κ3) is 3.09. The summed E-state index contributed by atoms with van der Waals surface area (Å²) in [7, 11) is 0. The van der Waals surface area contributed by atoms with Gasteiger partial charge in [-0.25, -0.2) is 4.98 Å². The van der Waals surface area contributed by atoms with Crippen LogP contribution in [0.1, 0.15) is 73.7 Å². The number of nitrogens with zero attached hydrogens (tertiary/aromatic N) is 2. The minimum Gasteiger partial charge on any atom is -0.342 e. The summed E-state index contributed by atoms with van der Waals surface area (Å²) in [5.74, 6) is 2.01. The molecule has 0 atom stereocenters. The highest BCUT2D eigenvalue weighted by atomic mass is 14.9. The van der Waals surface area contributed by atoms with Gasteiger partial charge in [-0.3, -0.25) is 4.99 Å². The number of aliphatic imine (C=N–C) groups is 1. The molecule has 0 fully saturated rings. The van der Waals surface area contributed by atoms with E-state index in [1.807, 2.05) is 6.20 Å². The van der Waals surface area contributed by atoms with Gasteiger partial charge in [0, 0.05) is 29.8 Å². The van der Waals surface area contributed by atoms with Gasteiger partial charge >= 0.3 is 0 Å². The normalized spacial score (nSPS) is 16.4. The first-order valence-electron chi connectivity index (χ1n) is 12.1. The number of aryl methyl sites for hydroxylation is 4. The molecule has 1 aromatic heterocycles. The largest absolute Gasteiger partial charge is 0.342 e. The van der Waals surface area contributed by atoms with Gasteiger partial charge in [-0.1, -0.05) is 39.8 Å². The van der Waals surface area contributed by atoms with E-state index in [0.717, 1.165) is 43.6 Å². The number of aromatic amines is 1. The van der Waals surface area contributed by atoms with E-state index in [-0.39, 0.29) is 0 Å². The van der Waals surface area contributed by atoms with Gasteiger partial charge in [0.1, 0.15) is 5.82 Å². The highest BCUT2D eigenvalue weighted by Gasteiger charge is 2.28. The molecule has 1 aliphatic heterocycles. The molecule has 1 N–H and O–H groups in total. The number of benzene rings is 2. The predicted octanol–water partition coefficient (Wildman–Crippen LogP) is 6.91. The van der Waals surface area contributed by atoms with E-state index in [4.69, 9.17) is 4.99 Å². The van der Waals surface area contributed by atoms with Crippen LogP contribution in [0.15, 0.2) is 41.7 Å². The van der Waals surface area contributed by atoms with Crippen molar-refractivity contribution < 1.29 is 0 Å². The Kier molecular flexibility index (Phi) is 4.50. The fourth-order valence-corrected chi connectivity index (χ4v) is 5.60. The maximum Gasteiger partial charge on any atom is 0.109 e. The number of hydrogen-bond acceptors (Lipinski definition) is 2. The van der Waals surface area contributed by atoms with Crippen LogP contribution in [0.5, 0.6) is 0 Å². The first-order valence-corrected chi connectivity index (χ1v) is 12.1. The van der Waals surface area contributed by atoms with Crippen molar-refractivity contribution in [3.05, 3.63) is 70.3 Å². The van der Waals surface area contributed by atoms with Gasteiger partial charge in [0.25, 0.3) is 0 Å². The van der Waals surface area contributed by atoms with Crippen molar-refractivity contribution in [2.75, 3.05) is 0 Å². The van der Waals surface area contributed by atoms with Crippen LogP contribution in [0.25, 0.3) is 28.0 Å². The Morgan fingerprint density at radius 1 is 0.750 bits per heavy atom. The molecule has 6 rings (SSSR count). The van der Waals surface area contributed by atoms with E-state index in [1.165, 1.54) is 55.8 Å². The third-order valence-electron chi connectivity index (χ3n) is 7.43. The monoisotopic (exact) mass is 421 g/mol. The lowest BCUT2D eigenvalue weighted by Crippen LogP contribution is -2.15. The Hall–Kier alpha value is -2.94. The second kappa shape index (κ2) is 7.30. The topological polar surface area (TPSA) is 41.0 Å². The van der Waals surface area contributed by atoms with Crippen LogP contribution in [-0.2, 0) is 25.7 Å². The quantitative estimate of drug-likeness (QED) is 0.489. The number of imidazole rings is 1. The average Bonchev–Trinajstić information content (AvgIpc) is 3.47. The molecule has 2 heterocycles. The second-order valence-corrected chi connectivity index (χ2v) is 10.3. The molecular formula is C29H31N3. The van der Waals surface area contributed by atoms with Crippen LogP contribution in [0, 0.1) is 5.92 Å². The molecule has 32 heavy (non-hydrogen) atoms. The number of aromatic nitrogens is 2. The zero-order valence-electron chi connectivity index (χ0n) is 19.5. The summed E-state index contributed by atoms with van der Waals surface area (Å²) < 4.78 is 0. The van der Waals surface area contributed by atoms with Gasteiger partial charge in [-0.15, -0.1) is 0 Å². The van der Waals surface area contributed by atoms with Crippen molar-refractivity contribution in [2.45, 2.75) is 65.7 Å². The van der Waals surface area contributed by atoms with Crippen molar-refractivity contribution in [1.82, 2.24) is 9.97 Å². The van der Waals surface area contributed by atoms with Gasteiger partial charge in [-0.2, -0.15) is 0 Å². The lowest BCUT2D eigenvalue weighted by atomic mass is 9.73. The van der Waals surface area contributed by atoms with E-state index in [2.05, 4.69) is 68.1 Å². The summed E-state index contributed by atoms with van der Waals surface area (Å²) in [5.41, 5.74) is 15.6. The summed E-state index contributed by atoms with van der Waals surface area (Å²) in [5, 5.41) is 0.